The average molecular weight is 337 g/mol. The zero-order valence-electron chi connectivity index (χ0n) is 15.0. The normalized spacial score (nSPS) is 23.8. The van der Waals surface area contributed by atoms with Gasteiger partial charge in [0.25, 0.3) is 0 Å². The summed E-state index contributed by atoms with van der Waals surface area (Å²) in [6.45, 7) is 0.868. The Labute approximate surface area is 149 Å². The molecule has 4 nitrogen and oxygen atoms in total. The first-order chi connectivity index (χ1) is 12.3. The second-order valence-electron chi connectivity index (χ2n) is 7.43. The van der Waals surface area contributed by atoms with E-state index in [4.69, 9.17) is 0 Å². The molecule has 4 heteroatoms. The van der Waals surface area contributed by atoms with Crippen LogP contribution in [0.3, 0.4) is 0 Å². The highest BCUT2D eigenvalue weighted by Crippen LogP contribution is 2.36. The van der Waals surface area contributed by atoms with Gasteiger partial charge in [0.1, 0.15) is 0 Å². The fourth-order valence-electron chi connectivity index (χ4n) is 4.55. The van der Waals surface area contributed by atoms with Gasteiger partial charge in [0.2, 0.25) is 5.91 Å². The van der Waals surface area contributed by atoms with Gasteiger partial charge in [0.15, 0.2) is 0 Å². The number of amides is 1. The minimum Gasteiger partial charge on any atom is -0.353 e. The standard InChI is InChI=1S/C21H27N3O/c1-23-14-7-12-18(23)19-11-3-2-4-15-24(19)21(25)17-10-5-8-16-9-6-13-22-20(16)17/h6-7,9,12-14,17,19H,2-5,8,10-11,15H2,1H3/t17-,19-/m0/s1. The lowest BCUT2D eigenvalue weighted by Gasteiger charge is -2.35. The Kier molecular flexibility index (Phi) is 4.60. The molecule has 2 aromatic heterocycles. The number of fused-ring (bicyclic) bond motifs is 1. The summed E-state index contributed by atoms with van der Waals surface area (Å²) in [5, 5.41) is 0. The van der Waals surface area contributed by atoms with Gasteiger partial charge < -0.3 is 9.47 Å². The number of aromatic nitrogens is 2. The molecule has 2 aromatic rings. The third-order valence-electron chi connectivity index (χ3n) is 5.85. The molecule has 0 saturated carbocycles. The van der Waals surface area contributed by atoms with Crippen molar-refractivity contribution in [3.05, 3.63) is 53.6 Å². The van der Waals surface area contributed by atoms with Gasteiger partial charge >= 0.3 is 0 Å². The molecule has 25 heavy (non-hydrogen) atoms. The molecule has 0 unspecified atom stereocenters. The molecule has 1 fully saturated rings. The fourth-order valence-corrected chi connectivity index (χ4v) is 4.55. The Balaban J connectivity index is 1.66. The van der Waals surface area contributed by atoms with Crippen LogP contribution in [-0.2, 0) is 18.3 Å². The maximum atomic E-state index is 13.6. The lowest BCUT2D eigenvalue weighted by atomic mass is 9.85. The molecule has 132 valence electrons. The predicted octanol–water partition coefficient (Wildman–Crippen LogP) is 3.98. The third kappa shape index (κ3) is 3.10. The van der Waals surface area contributed by atoms with Crippen LogP contribution in [0.15, 0.2) is 36.7 Å². The first-order valence-corrected chi connectivity index (χ1v) is 9.61. The SMILES string of the molecule is Cn1cccc1[C@@H]1CCCCCN1C(=O)[C@H]1CCCc2cccnc21. The first-order valence-electron chi connectivity index (χ1n) is 9.61. The molecule has 1 saturated heterocycles. The predicted molar refractivity (Wildman–Crippen MR) is 98.3 cm³/mol. The molecule has 3 heterocycles. The second kappa shape index (κ2) is 7.03. The van der Waals surface area contributed by atoms with E-state index in [9.17, 15) is 4.79 Å². The minimum atomic E-state index is -0.0641. The maximum Gasteiger partial charge on any atom is 0.232 e. The molecule has 4 rings (SSSR count). The van der Waals surface area contributed by atoms with Crippen molar-refractivity contribution < 1.29 is 4.79 Å². The summed E-state index contributed by atoms with van der Waals surface area (Å²) in [6, 6.07) is 8.58. The van der Waals surface area contributed by atoms with Crippen LogP contribution in [0.5, 0.6) is 0 Å². The van der Waals surface area contributed by atoms with E-state index in [2.05, 4.69) is 45.9 Å². The maximum absolute atomic E-state index is 13.6. The smallest absolute Gasteiger partial charge is 0.232 e. The molecule has 1 aliphatic heterocycles. The van der Waals surface area contributed by atoms with E-state index in [1.165, 1.54) is 24.1 Å². The number of carbonyl (C=O) groups is 1. The summed E-state index contributed by atoms with van der Waals surface area (Å²) in [4.78, 5) is 20.3. The summed E-state index contributed by atoms with van der Waals surface area (Å²) >= 11 is 0. The first kappa shape index (κ1) is 16.4. The van der Waals surface area contributed by atoms with Gasteiger partial charge in [-0.05, 0) is 55.9 Å². The Bertz CT molecular complexity index is 751. The van der Waals surface area contributed by atoms with Gasteiger partial charge in [-0.3, -0.25) is 9.78 Å². The lowest BCUT2D eigenvalue weighted by molar-refractivity contribution is -0.135. The van der Waals surface area contributed by atoms with Crippen molar-refractivity contribution in [3.63, 3.8) is 0 Å². The highest BCUT2D eigenvalue weighted by molar-refractivity contribution is 5.84. The molecule has 1 amide bonds. The van der Waals surface area contributed by atoms with Gasteiger partial charge in [0, 0.05) is 31.7 Å². The van der Waals surface area contributed by atoms with Crippen molar-refractivity contribution in [1.82, 2.24) is 14.5 Å². The number of hydrogen-bond acceptors (Lipinski definition) is 2. The summed E-state index contributed by atoms with van der Waals surface area (Å²) in [6.07, 6.45) is 11.6. The fraction of sp³-hybridized carbons (Fsp3) is 0.524. The topological polar surface area (TPSA) is 38.1 Å². The van der Waals surface area contributed by atoms with Crippen molar-refractivity contribution in [1.29, 1.82) is 0 Å². The number of nitrogens with zero attached hydrogens (tertiary/aromatic N) is 3. The third-order valence-corrected chi connectivity index (χ3v) is 5.85. The minimum absolute atomic E-state index is 0.0641. The molecule has 0 N–H and O–H groups in total. The van der Waals surface area contributed by atoms with Crippen molar-refractivity contribution in [2.75, 3.05) is 6.54 Å². The van der Waals surface area contributed by atoms with Gasteiger partial charge in [-0.2, -0.15) is 0 Å². The van der Waals surface area contributed by atoms with E-state index >= 15 is 0 Å². The van der Waals surface area contributed by atoms with Crippen LogP contribution < -0.4 is 0 Å². The average Bonchev–Trinajstić information content (AvgIpc) is 2.92. The summed E-state index contributed by atoms with van der Waals surface area (Å²) in [5.41, 5.74) is 3.54. The quantitative estimate of drug-likeness (QED) is 0.831. The Morgan fingerprint density at radius 1 is 1.12 bits per heavy atom. The Hall–Kier alpha value is -2.10. The van der Waals surface area contributed by atoms with Gasteiger partial charge in [0.05, 0.1) is 17.7 Å². The molecular formula is C21H27N3O. The number of rotatable bonds is 2. The molecule has 0 spiro atoms. The van der Waals surface area contributed by atoms with Crippen LogP contribution in [-0.4, -0.2) is 26.9 Å². The Morgan fingerprint density at radius 3 is 2.88 bits per heavy atom. The molecular weight excluding hydrogens is 310 g/mol. The summed E-state index contributed by atoms with van der Waals surface area (Å²) in [7, 11) is 2.08. The zero-order chi connectivity index (χ0) is 17.2. The van der Waals surface area contributed by atoms with E-state index in [1.807, 2.05) is 12.3 Å². The summed E-state index contributed by atoms with van der Waals surface area (Å²) < 4.78 is 2.17. The highest BCUT2D eigenvalue weighted by Gasteiger charge is 2.35. The van der Waals surface area contributed by atoms with Crippen LogP contribution in [0, 0.1) is 0 Å². The molecule has 2 atom stereocenters. The van der Waals surface area contributed by atoms with Gasteiger partial charge in [-0.1, -0.05) is 18.9 Å². The van der Waals surface area contributed by atoms with E-state index in [0.29, 0.717) is 0 Å². The number of aryl methyl sites for hydroxylation is 2. The highest BCUT2D eigenvalue weighted by atomic mass is 16.2. The van der Waals surface area contributed by atoms with Crippen LogP contribution in [0.2, 0.25) is 0 Å². The molecule has 0 aromatic carbocycles. The largest absolute Gasteiger partial charge is 0.353 e. The molecule has 1 aliphatic carbocycles. The number of hydrogen-bond donors (Lipinski definition) is 0. The van der Waals surface area contributed by atoms with Crippen molar-refractivity contribution in [3.8, 4) is 0 Å². The van der Waals surface area contributed by atoms with E-state index in [1.54, 1.807) is 0 Å². The van der Waals surface area contributed by atoms with E-state index in [0.717, 1.165) is 44.3 Å². The van der Waals surface area contributed by atoms with E-state index < -0.39 is 0 Å². The van der Waals surface area contributed by atoms with Gasteiger partial charge in [-0.25, -0.2) is 0 Å². The Morgan fingerprint density at radius 2 is 2.04 bits per heavy atom. The van der Waals surface area contributed by atoms with Crippen molar-refractivity contribution in [2.45, 2.75) is 56.9 Å². The molecule has 0 bridgehead atoms. The van der Waals surface area contributed by atoms with Crippen LogP contribution in [0.25, 0.3) is 0 Å². The number of carbonyl (C=O) groups excluding carboxylic acids is 1. The monoisotopic (exact) mass is 337 g/mol. The lowest BCUT2D eigenvalue weighted by Crippen LogP contribution is -2.40. The van der Waals surface area contributed by atoms with Crippen molar-refractivity contribution >= 4 is 5.91 Å². The van der Waals surface area contributed by atoms with Crippen LogP contribution in [0.1, 0.15) is 67.4 Å². The summed E-state index contributed by atoms with van der Waals surface area (Å²) in [5.74, 6) is 0.221. The number of pyridine rings is 1. The van der Waals surface area contributed by atoms with Gasteiger partial charge in [-0.15, -0.1) is 0 Å². The molecule has 0 radical (unpaired) electrons. The van der Waals surface area contributed by atoms with Crippen LogP contribution >= 0.6 is 0 Å². The molecule has 2 aliphatic rings. The van der Waals surface area contributed by atoms with Crippen molar-refractivity contribution in [2.24, 2.45) is 7.05 Å². The number of likely N-dealkylation sites (tertiary alicyclic amines) is 1. The zero-order valence-corrected chi connectivity index (χ0v) is 15.0. The van der Waals surface area contributed by atoms with E-state index in [-0.39, 0.29) is 17.9 Å². The second-order valence-corrected chi connectivity index (χ2v) is 7.43. The van der Waals surface area contributed by atoms with Crippen LogP contribution in [0.4, 0.5) is 0 Å².